The van der Waals surface area contributed by atoms with Crippen molar-refractivity contribution in [3.05, 3.63) is 121 Å². The van der Waals surface area contributed by atoms with Crippen molar-refractivity contribution in [3.8, 4) is 11.1 Å². The third kappa shape index (κ3) is 5.27. The number of thioether (sulfide) groups is 1. The van der Waals surface area contributed by atoms with E-state index < -0.39 is 0 Å². The van der Waals surface area contributed by atoms with E-state index in [9.17, 15) is 0 Å². The molecule has 2 aliphatic carbocycles. The standard InChI is InChI=1S/C34H33N3S/c1-26-18-19-28(38-23-27-12-4-2-5-13-27)22-30(26)29-14-6-7-15-31(29)36-32-16-8-9-17-33(32)37-24-34(35-25-37)20-10-3-11-21-34/h2-12,14-20,22,25,27,36H,13,21,23-24H2,1H3. The highest BCUT2D eigenvalue weighted by Gasteiger charge is 2.33. The molecule has 0 bridgehead atoms. The largest absolute Gasteiger partial charge is 0.353 e. The van der Waals surface area contributed by atoms with Crippen LogP contribution in [0.15, 0.2) is 125 Å². The Morgan fingerprint density at radius 3 is 2.61 bits per heavy atom. The first-order valence-electron chi connectivity index (χ1n) is 13.4. The van der Waals surface area contributed by atoms with Crippen LogP contribution in [0.25, 0.3) is 11.1 Å². The van der Waals surface area contributed by atoms with E-state index in [1.54, 1.807) is 0 Å². The summed E-state index contributed by atoms with van der Waals surface area (Å²) in [7, 11) is 0. The summed E-state index contributed by atoms with van der Waals surface area (Å²) in [5.74, 6) is 1.70. The Labute approximate surface area is 230 Å². The van der Waals surface area contributed by atoms with E-state index in [-0.39, 0.29) is 5.54 Å². The van der Waals surface area contributed by atoms with Crippen molar-refractivity contribution in [1.29, 1.82) is 0 Å². The van der Waals surface area contributed by atoms with Gasteiger partial charge in [0.1, 0.15) is 5.54 Å². The summed E-state index contributed by atoms with van der Waals surface area (Å²) in [5.41, 5.74) is 6.95. The van der Waals surface area contributed by atoms with E-state index in [4.69, 9.17) is 4.99 Å². The number of aryl methyl sites for hydroxylation is 1. The summed E-state index contributed by atoms with van der Waals surface area (Å²) in [6.07, 6.45) is 21.6. The van der Waals surface area contributed by atoms with Gasteiger partial charge in [0.15, 0.2) is 0 Å². The highest BCUT2D eigenvalue weighted by Crippen LogP contribution is 2.39. The number of para-hydroxylation sites is 3. The predicted molar refractivity (Wildman–Crippen MR) is 165 cm³/mol. The maximum atomic E-state index is 4.90. The number of allylic oxidation sites excluding steroid dienone is 6. The molecule has 1 aliphatic heterocycles. The Morgan fingerprint density at radius 2 is 1.76 bits per heavy atom. The molecule has 0 aromatic heterocycles. The van der Waals surface area contributed by atoms with Crippen LogP contribution in [0, 0.1) is 12.8 Å². The highest BCUT2D eigenvalue weighted by molar-refractivity contribution is 7.99. The summed E-state index contributed by atoms with van der Waals surface area (Å²) >= 11 is 1.95. The molecule has 38 heavy (non-hydrogen) atoms. The molecule has 3 aromatic rings. The van der Waals surface area contributed by atoms with Gasteiger partial charge in [-0.15, -0.1) is 11.8 Å². The molecule has 1 heterocycles. The van der Waals surface area contributed by atoms with Crippen LogP contribution < -0.4 is 10.2 Å². The molecule has 2 atom stereocenters. The molecule has 3 aromatic carbocycles. The van der Waals surface area contributed by atoms with Crippen LogP contribution in [0.5, 0.6) is 0 Å². The van der Waals surface area contributed by atoms with Gasteiger partial charge in [0.05, 0.1) is 24.3 Å². The van der Waals surface area contributed by atoms with Crippen molar-refractivity contribution in [1.82, 2.24) is 0 Å². The van der Waals surface area contributed by atoms with Gasteiger partial charge >= 0.3 is 0 Å². The van der Waals surface area contributed by atoms with Crippen molar-refractivity contribution in [2.24, 2.45) is 10.9 Å². The summed E-state index contributed by atoms with van der Waals surface area (Å²) in [4.78, 5) is 8.48. The van der Waals surface area contributed by atoms with Crippen molar-refractivity contribution in [2.45, 2.75) is 30.2 Å². The maximum absolute atomic E-state index is 4.90. The van der Waals surface area contributed by atoms with Crippen LogP contribution in [0.1, 0.15) is 18.4 Å². The Morgan fingerprint density at radius 1 is 0.921 bits per heavy atom. The molecule has 1 spiro atoms. The van der Waals surface area contributed by atoms with Crippen LogP contribution in [0.2, 0.25) is 0 Å². The van der Waals surface area contributed by atoms with E-state index in [0.29, 0.717) is 5.92 Å². The fourth-order valence-corrected chi connectivity index (χ4v) is 6.34. The van der Waals surface area contributed by atoms with Crippen LogP contribution in [0.3, 0.4) is 0 Å². The highest BCUT2D eigenvalue weighted by atomic mass is 32.2. The average molecular weight is 516 g/mol. The van der Waals surface area contributed by atoms with E-state index in [2.05, 4.69) is 132 Å². The van der Waals surface area contributed by atoms with E-state index in [0.717, 1.165) is 42.2 Å². The molecule has 3 nitrogen and oxygen atoms in total. The van der Waals surface area contributed by atoms with Gasteiger partial charge in [-0.3, -0.25) is 4.99 Å². The molecule has 0 radical (unpaired) electrons. The molecule has 0 saturated heterocycles. The number of hydrogen-bond acceptors (Lipinski definition) is 4. The maximum Gasteiger partial charge on any atom is 0.102 e. The van der Waals surface area contributed by atoms with Crippen molar-refractivity contribution in [3.63, 3.8) is 0 Å². The minimum absolute atomic E-state index is 0.154. The fourth-order valence-electron chi connectivity index (χ4n) is 5.32. The molecule has 3 aliphatic rings. The van der Waals surface area contributed by atoms with E-state index >= 15 is 0 Å². The Hall–Kier alpha value is -3.76. The van der Waals surface area contributed by atoms with Gasteiger partial charge in [0.25, 0.3) is 0 Å². The smallest absolute Gasteiger partial charge is 0.102 e. The minimum atomic E-state index is -0.154. The second kappa shape index (κ2) is 10.9. The quantitative estimate of drug-likeness (QED) is 0.319. The Kier molecular flexibility index (Phi) is 7.06. The zero-order chi connectivity index (χ0) is 25.8. The average Bonchev–Trinajstić information content (AvgIpc) is 3.37. The Bertz CT molecular complexity index is 1460. The van der Waals surface area contributed by atoms with Gasteiger partial charge in [-0.1, -0.05) is 85.0 Å². The zero-order valence-electron chi connectivity index (χ0n) is 21.8. The first kappa shape index (κ1) is 24.6. The molecule has 0 amide bonds. The van der Waals surface area contributed by atoms with Crippen LogP contribution in [-0.4, -0.2) is 24.2 Å². The van der Waals surface area contributed by atoms with E-state index in [1.807, 2.05) is 18.1 Å². The molecule has 2 unspecified atom stereocenters. The van der Waals surface area contributed by atoms with Crippen molar-refractivity contribution < 1.29 is 0 Å². The van der Waals surface area contributed by atoms with Crippen molar-refractivity contribution >= 4 is 35.2 Å². The summed E-state index contributed by atoms with van der Waals surface area (Å²) in [6.45, 7) is 3.05. The third-order valence-corrected chi connectivity index (χ3v) is 8.65. The monoisotopic (exact) mass is 515 g/mol. The number of nitrogens with zero attached hydrogens (tertiary/aromatic N) is 2. The molecule has 4 heteroatoms. The topological polar surface area (TPSA) is 27.6 Å². The predicted octanol–water partition coefficient (Wildman–Crippen LogP) is 8.73. The molecule has 0 fully saturated rings. The molecule has 6 rings (SSSR count). The molecule has 190 valence electrons. The molecular weight excluding hydrogens is 482 g/mol. The van der Waals surface area contributed by atoms with Crippen LogP contribution in [-0.2, 0) is 0 Å². The lowest BCUT2D eigenvalue weighted by Gasteiger charge is -2.27. The zero-order valence-corrected chi connectivity index (χ0v) is 22.6. The van der Waals surface area contributed by atoms with Crippen molar-refractivity contribution in [2.75, 3.05) is 22.5 Å². The lowest BCUT2D eigenvalue weighted by molar-refractivity contribution is 0.574. The molecule has 0 saturated carbocycles. The first-order valence-corrected chi connectivity index (χ1v) is 14.4. The van der Waals surface area contributed by atoms with Gasteiger partial charge in [0.2, 0.25) is 0 Å². The number of benzene rings is 3. The summed E-state index contributed by atoms with van der Waals surface area (Å²) < 4.78 is 0. The second-order valence-electron chi connectivity index (χ2n) is 10.3. The number of aliphatic imine (C=N–C) groups is 1. The van der Waals surface area contributed by atoms with Gasteiger partial charge in [0, 0.05) is 21.9 Å². The molecular formula is C34H33N3S. The third-order valence-electron chi connectivity index (χ3n) is 7.47. The first-order chi connectivity index (χ1) is 18.7. The SMILES string of the molecule is Cc1ccc(SCC2C=CC=CC2)cc1-c1ccccc1Nc1ccccc1N1C=NC2(C=CC=CC2)C1. The number of nitrogens with one attached hydrogen (secondary N) is 1. The van der Waals surface area contributed by atoms with Gasteiger partial charge < -0.3 is 10.2 Å². The van der Waals surface area contributed by atoms with E-state index in [1.165, 1.54) is 21.6 Å². The summed E-state index contributed by atoms with van der Waals surface area (Å²) in [6, 6.07) is 24.0. The summed E-state index contributed by atoms with van der Waals surface area (Å²) in [5, 5.41) is 3.78. The van der Waals surface area contributed by atoms with Gasteiger partial charge in [-0.25, -0.2) is 0 Å². The number of rotatable bonds is 7. The van der Waals surface area contributed by atoms with Gasteiger partial charge in [-0.2, -0.15) is 0 Å². The molecule has 1 N–H and O–H groups in total. The van der Waals surface area contributed by atoms with Crippen LogP contribution in [0.4, 0.5) is 17.1 Å². The lowest BCUT2D eigenvalue weighted by Crippen LogP contribution is -2.33. The minimum Gasteiger partial charge on any atom is -0.353 e. The number of anilines is 3. The second-order valence-corrected chi connectivity index (χ2v) is 11.3. The normalized spacial score (nSPS) is 21.5. The van der Waals surface area contributed by atoms with Crippen LogP contribution >= 0.6 is 11.8 Å². The fraction of sp³-hybridized carbons (Fsp3) is 0.206. The Balaban J connectivity index is 1.25. The number of hydrogen-bond donors (Lipinski definition) is 1. The van der Waals surface area contributed by atoms with Gasteiger partial charge in [-0.05, 0) is 67.1 Å². The lowest BCUT2D eigenvalue weighted by atomic mass is 9.92.